The highest BCUT2D eigenvalue weighted by Gasteiger charge is 2.17. The van der Waals surface area contributed by atoms with Crippen molar-refractivity contribution in [3.05, 3.63) is 71.3 Å². The molecule has 0 spiro atoms. The van der Waals surface area contributed by atoms with Crippen LogP contribution in [0.5, 0.6) is 0 Å². The highest BCUT2D eigenvalue weighted by atomic mass is 35.5. The zero-order valence-electron chi connectivity index (χ0n) is 14.8. The molecule has 0 saturated heterocycles. The van der Waals surface area contributed by atoms with E-state index >= 15 is 0 Å². The van der Waals surface area contributed by atoms with Crippen LogP contribution in [-0.4, -0.2) is 0 Å². The molecule has 0 unspecified atom stereocenters. The number of hydrogen-bond acceptors (Lipinski definition) is 0. The molecule has 1 heteroatoms. The van der Waals surface area contributed by atoms with Gasteiger partial charge in [0.2, 0.25) is 0 Å². The summed E-state index contributed by atoms with van der Waals surface area (Å²) in [5, 5.41) is 0.770. The maximum Gasteiger partial charge on any atom is 0.0406 e. The van der Waals surface area contributed by atoms with Gasteiger partial charge >= 0.3 is 0 Å². The third-order valence-corrected chi connectivity index (χ3v) is 5.15. The van der Waals surface area contributed by atoms with Crippen molar-refractivity contribution in [3.63, 3.8) is 0 Å². The smallest absolute Gasteiger partial charge is 0.0406 e. The molecule has 1 fully saturated rings. The Balaban J connectivity index is 1.58. The van der Waals surface area contributed by atoms with Crippen molar-refractivity contribution in [3.8, 4) is 23.0 Å². The lowest BCUT2D eigenvalue weighted by molar-refractivity contribution is 0.364. The molecule has 0 aliphatic heterocycles. The SMILES string of the molecule is CCC=C[C@H]1CC[C@H](C#Cc2ccc(-c3ccc(Cl)cc3)cc2)CC1. The van der Waals surface area contributed by atoms with Crippen LogP contribution in [-0.2, 0) is 0 Å². The Morgan fingerprint density at radius 2 is 1.52 bits per heavy atom. The van der Waals surface area contributed by atoms with Gasteiger partial charge in [-0.1, -0.05) is 66.8 Å². The van der Waals surface area contributed by atoms with Crippen LogP contribution in [0.15, 0.2) is 60.7 Å². The third kappa shape index (κ3) is 5.25. The van der Waals surface area contributed by atoms with Crippen molar-refractivity contribution in [2.45, 2.75) is 39.0 Å². The fourth-order valence-corrected chi connectivity index (χ4v) is 3.48. The molecular weight excluding hydrogens is 324 g/mol. The predicted molar refractivity (Wildman–Crippen MR) is 109 cm³/mol. The van der Waals surface area contributed by atoms with E-state index in [1.807, 2.05) is 12.1 Å². The first-order chi connectivity index (χ1) is 12.2. The van der Waals surface area contributed by atoms with Crippen LogP contribution < -0.4 is 0 Å². The Morgan fingerprint density at radius 3 is 2.12 bits per heavy atom. The average Bonchev–Trinajstić information content (AvgIpc) is 2.67. The van der Waals surface area contributed by atoms with Crippen LogP contribution in [0.1, 0.15) is 44.6 Å². The van der Waals surface area contributed by atoms with E-state index in [1.165, 1.54) is 36.8 Å². The molecule has 2 aromatic rings. The standard InChI is InChI=1S/C24H25Cl/c1-2-3-4-19-5-7-20(8-6-19)9-10-21-11-13-22(14-12-21)23-15-17-24(25)18-16-23/h3-4,11-20H,2,5-8H2,1H3/t19-,20-. The Kier molecular flexibility index (Phi) is 6.37. The second-order valence-corrected chi connectivity index (χ2v) is 7.24. The molecule has 0 N–H and O–H groups in total. The van der Waals surface area contributed by atoms with Gasteiger partial charge in [0.15, 0.2) is 0 Å². The van der Waals surface area contributed by atoms with Gasteiger partial charge in [0, 0.05) is 16.5 Å². The van der Waals surface area contributed by atoms with Gasteiger partial charge in [0.05, 0.1) is 0 Å². The number of benzene rings is 2. The summed E-state index contributed by atoms with van der Waals surface area (Å²) in [5.74, 6) is 8.19. The Labute approximate surface area is 156 Å². The molecular formula is C24H25Cl. The molecule has 0 aromatic heterocycles. The van der Waals surface area contributed by atoms with Crippen molar-refractivity contribution >= 4 is 11.6 Å². The van der Waals surface area contributed by atoms with Crippen LogP contribution in [0.25, 0.3) is 11.1 Å². The lowest BCUT2D eigenvalue weighted by Crippen LogP contribution is -2.11. The molecule has 0 amide bonds. The quantitative estimate of drug-likeness (QED) is 0.408. The van der Waals surface area contributed by atoms with Gasteiger partial charge in [-0.05, 0) is 73.4 Å². The molecule has 1 aliphatic carbocycles. The van der Waals surface area contributed by atoms with E-state index in [-0.39, 0.29) is 0 Å². The Morgan fingerprint density at radius 1 is 0.920 bits per heavy atom. The summed E-state index contributed by atoms with van der Waals surface area (Å²) >= 11 is 5.95. The van der Waals surface area contributed by atoms with E-state index in [1.54, 1.807) is 0 Å². The topological polar surface area (TPSA) is 0 Å². The van der Waals surface area contributed by atoms with Gasteiger partial charge < -0.3 is 0 Å². The molecule has 25 heavy (non-hydrogen) atoms. The molecule has 2 aromatic carbocycles. The molecule has 0 nitrogen and oxygen atoms in total. The van der Waals surface area contributed by atoms with Crippen LogP contribution >= 0.6 is 11.6 Å². The zero-order chi connectivity index (χ0) is 17.5. The first-order valence-corrected chi connectivity index (χ1v) is 9.66. The summed E-state index contributed by atoms with van der Waals surface area (Å²) < 4.78 is 0. The summed E-state index contributed by atoms with van der Waals surface area (Å²) in [7, 11) is 0. The maximum absolute atomic E-state index is 5.95. The van der Waals surface area contributed by atoms with E-state index in [2.05, 4.69) is 67.3 Å². The fraction of sp³-hybridized carbons (Fsp3) is 0.333. The first kappa shape index (κ1) is 17.8. The minimum Gasteiger partial charge on any atom is -0.0945 e. The molecule has 0 heterocycles. The van der Waals surface area contributed by atoms with Crippen molar-refractivity contribution in [2.24, 2.45) is 11.8 Å². The summed E-state index contributed by atoms with van der Waals surface area (Å²) in [6.07, 6.45) is 10.9. The number of halogens is 1. The van der Waals surface area contributed by atoms with E-state index < -0.39 is 0 Å². The van der Waals surface area contributed by atoms with Crippen molar-refractivity contribution in [1.82, 2.24) is 0 Å². The minimum atomic E-state index is 0.558. The molecule has 0 bridgehead atoms. The summed E-state index contributed by atoms with van der Waals surface area (Å²) in [6, 6.07) is 16.5. The fourth-order valence-electron chi connectivity index (χ4n) is 3.36. The van der Waals surface area contributed by atoms with Gasteiger partial charge in [0.25, 0.3) is 0 Å². The molecule has 0 atom stereocenters. The van der Waals surface area contributed by atoms with Gasteiger partial charge in [-0.3, -0.25) is 0 Å². The molecule has 1 aliphatic rings. The van der Waals surface area contributed by atoms with E-state index in [9.17, 15) is 0 Å². The molecule has 3 rings (SSSR count). The lowest BCUT2D eigenvalue weighted by atomic mass is 9.82. The van der Waals surface area contributed by atoms with Gasteiger partial charge in [-0.2, -0.15) is 0 Å². The predicted octanol–water partition coefficient (Wildman–Crippen LogP) is 7.13. The molecule has 1 saturated carbocycles. The highest BCUT2D eigenvalue weighted by Crippen LogP contribution is 2.29. The van der Waals surface area contributed by atoms with Crippen LogP contribution in [0.4, 0.5) is 0 Å². The van der Waals surface area contributed by atoms with Crippen LogP contribution in [0.3, 0.4) is 0 Å². The van der Waals surface area contributed by atoms with Crippen molar-refractivity contribution in [2.75, 3.05) is 0 Å². The Bertz CT molecular complexity index is 748. The highest BCUT2D eigenvalue weighted by molar-refractivity contribution is 6.30. The van der Waals surface area contributed by atoms with Crippen molar-refractivity contribution in [1.29, 1.82) is 0 Å². The maximum atomic E-state index is 5.95. The number of hydrogen-bond donors (Lipinski definition) is 0. The largest absolute Gasteiger partial charge is 0.0945 e. The van der Waals surface area contributed by atoms with Gasteiger partial charge in [0.1, 0.15) is 0 Å². The van der Waals surface area contributed by atoms with E-state index in [4.69, 9.17) is 11.6 Å². The number of rotatable bonds is 3. The van der Waals surface area contributed by atoms with Crippen LogP contribution in [0.2, 0.25) is 5.02 Å². The van der Waals surface area contributed by atoms with Crippen LogP contribution in [0, 0.1) is 23.7 Å². The van der Waals surface area contributed by atoms with Crippen molar-refractivity contribution < 1.29 is 0 Å². The monoisotopic (exact) mass is 348 g/mol. The minimum absolute atomic E-state index is 0.558. The lowest BCUT2D eigenvalue weighted by Gasteiger charge is -2.23. The summed E-state index contributed by atoms with van der Waals surface area (Å²) in [4.78, 5) is 0. The van der Waals surface area contributed by atoms with Gasteiger partial charge in [-0.25, -0.2) is 0 Å². The molecule has 128 valence electrons. The Hall–Kier alpha value is -1.97. The first-order valence-electron chi connectivity index (χ1n) is 9.29. The second-order valence-electron chi connectivity index (χ2n) is 6.80. The van der Waals surface area contributed by atoms with Gasteiger partial charge in [-0.15, -0.1) is 0 Å². The number of allylic oxidation sites excluding steroid dienone is 2. The van der Waals surface area contributed by atoms with E-state index in [0.29, 0.717) is 5.92 Å². The normalized spacial score (nSPS) is 20.2. The average molecular weight is 349 g/mol. The molecule has 0 radical (unpaired) electrons. The van der Waals surface area contributed by atoms with E-state index in [0.717, 1.165) is 22.9 Å². The zero-order valence-corrected chi connectivity index (χ0v) is 15.6. The third-order valence-electron chi connectivity index (χ3n) is 4.90. The summed E-state index contributed by atoms with van der Waals surface area (Å²) in [6.45, 7) is 2.20. The second kappa shape index (κ2) is 8.93. The summed E-state index contributed by atoms with van der Waals surface area (Å²) in [5.41, 5.74) is 3.48.